The molecule has 3 N–H and O–H groups in total. The van der Waals surface area contributed by atoms with Crippen LogP contribution in [0.4, 0.5) is 5.95 Å². The fourth-order valence-corrected chi connectivity index (χ4v) is 6.93. The number of carbonyl (C=O) groups excluding carboxylic acids is 2. The monoisotopic (exact) mass is 782 g/mol. The number of nitrogens with two attached hydrogens (primary N) is 1. The molecule has 2 atom stereocenters. The van der Waals surface area contributed by atoms with E-state index in [0.717, 1.165) is 50.0 Å². The Hall–Kier alpha value is -4.52. The van der Waals surface area contributed by atoms with Crippen molar-refractivity contribution in [3.05, 3.63) is 97.8 Å². The maximum Gasteiger partial charge on any atom is 0.341 e. The molecular formula is C40H52Cl2N6O6. The Labute approximate surface area is 329 Å². The Kier molecular flexibility index (Phi) is 16.9. The molecule has 14 heteroatoms. The van der Waals surface area contributed by atoms with E-state index in [9.17, 15) is 9.59 Å². The van der Waals surface area contributed by atoms with Gasteiger partial charge in [0, 0.05) is 12.1 Å². The number of fused-ring (bicyclic) bond motifs is 2. The first-order valence-electron chi connectivity index (χ1n) is 17.9. The van der Waals surface area contributed by atoms with Crippen LogP contribution in [-0.4, -0.2) is 71.4 Å². The smallest absolute Gasteiger partial charge is 0.341 e. The summed E-state index contributed by atoms with van der Waals surface area (Å²) in [6.07, 6.45) is 6.00. The van der Waals surface area contributed by atoms with Crippen LogP contribution in [0, 0.1) is 27.7 Å². The topological polar surface area (TPSA) is 161 Å². The van der Waals surface area contributed by atoms with Gasteiger partial charge in [0.2, 0.25) is 11.2 Å². The van der Waals surface area contributed by atoms with E-state index in [2.05, 4.69) is 43.5 Å². The number of nitrogens with one attached hydrogen (secondary N) is 1. The molecule has 2 aliphatic rings. The van der Waals surface area contributed by atoms with Crippen LogP contribution in [0.15, 0.2) is 36.4 Å². The second-order valence-electron chi connectivity index (χ2n) is 12.9. The van der Waals surface area contributed by atoms with Crippen molar-refractivity contribution in [3.63, 3.8) is 0 Å². The highest BCUT2D eigenvalue weighted by molar-refractivity contribution is 6.28. The van der Waals surface area contributed by atoms with E-state index in [1.165, 1.54) is 22.3 Å². The molecule has 2 heterocycles. The Morgan fingerprint density at radius 3 is 1.65 bits per heavy atom. The van der Waals surface area contributed by atoms with Crippen LogP contribution in [0.5, 0.6) is 11.5 Å². The van der Waals surface area contributed by atoms with Crippen molar-refractivity contribution in [2.45, 2.75) is 92.2 Å². The number of carbonyl (C=O) groups is 2. The van der Waals surface area contributed by atoms with Crippen molar-refractivity contribution in [2.24, 2.45) is 5.73 Å². The van der Waals surface area contributed by atoms with Crippen molar-refractivity contribution in [3.8, 4) is 11.5 Å². The van der Waals surface area contributed by atoms with Gasteiger partial charge in [-0.1, -0.05) is 24.3 Å². The lowest BCUT2D eigenvalue weighted by molar-refractivity contribution is 0.0513. The third-order valence-corrected chi connectivity index (χ3v) is 9.34. The zero-order valence-electron chi connectivity index (χ0n) is 32.4. The molecule has 292 valence electrons. The average molecular weight is 784 g/mol. The van der Waals surface area contributed by atoms with Crippen LogP contribution < -0.4 is 20.5 Å². The number of ether oxygens (including phenoxy) is 4. The van der Waals surface area contributed by atoms with Crippen molar-refractivity contribution < 1.29 is 28.5 Å². The van der Waals surface area contributed by atoms with E-state index >= 15 is 0 Å². The molecule has 54 heavy (non-hydrogen) atoms. The molecule has 0 saturated carbocycles. The van der Waals surface area contributed by atoms with Crippen LogP contribution in [0.25, 0.3) is 0 Å². The number of hydrogen-bond donors (Lipinski definition) is 2. The molecule has 2 aliphatic carbocycles. The van der Waals surface area contributed by atoms with E-state index in [-0.39, 0.29) is 29.7 Å². The van der Waals surface area contributed by atoms with Gasteiger partial charge in [-0.25, -0.2) is 29.5 Å². The van der Waals surface area contributed by atoms with E-state index in [1.54, 1.807) is 41.9 Å². The Balaban J connectivity index is 0.000000237. The van der Waals surface area contributed by atoms with Crippen LogP contribution >= 0.6 is 24.0 Å². The van der Waals surface area contributed by atoms with Crippen molar-refractivity contribution in [1.29, 1.82) is 0 Å². The summed E-state index contributed by atoms with van der Waals surface area (Å²) in [5, 5.41) is 3.57. The van der Waals surface area contributed by atoms with Crippen LogP contribution in [0.3, 0.4) is 0 Å². The summed E-state index contributed by atoms with van der Waals surface area (Å²) in [5.74, 6) is 1.70. The van der Waals surface area contributed by atoms with Gasteiger partial charge in [-0.05, 0) is 126 Å². The molecular weight excluding hydrogens is 731 g/mol. The first-order chi connectivity index (χ1) is 25.4. The lowest BCUT2D eigenvalue weighted by atomic mass is 9.87. The summed E-state index contributed by atoms with van der Waals surface area (Å²) in [7, 11) is 3.42. The number of aryl methyl sites for hydroxylation is 6. The molecule has 6 rings (SSSR count). The molecule has 0 amide bonds. The van der Waals surface area contributed by atoms with Gasteiger partial charge in [0.25, 0.3) is 0 Å². The lowest BCUT2D eigenvalue weighted by Gasteiger charge is -2.27. The minimum Gasteiger partial charge on any atom is -0.496 e. The molecule has 12 nitrogen and oxygen atoms in total. The number of hydrogen-bond acceptors (Lipinski definition) is 12. The molecule has 4 aromatic rings. The van der Waals surface area contributed by atoms with Gasteiger partial charge in [-0.3, -0.25) is 0 Å². The SMILES string of the molecule is CCOC(=O)c1c(C)nc(Cl)nc1C.CCOC(=O)c1c(C)nc(NC2CCc3cccc(OC)c3C2)nc1C.COc1cccc2c1CC(N)CC2.Cl. The predicted octanol–water partition coefficient (Wildman–Crippen LogP) is 7.10. The third-order valence-electron chi connectivity index (χ3n) is 9.17. The van der Waals surface area contributed by atoms with Gasteiger partial charge in [0.15, 0.2) is 0 Å². The minimum absolute atomic E-state index is 0. The quantitative estimate of drug-likeness (QED) is 0.138. The number of anilines is 1. The van der Waals surface area contributed by atoms with Gasteiger partial charge in [-0.15, -0.1) is 12.4 Å². The van der Waals surface area contributed by atoms with Gasteiger partial charge in [0.1, 0.15) is 22.6 Å². The molecule has 0 saturated heterocycles. The Morgan fingerprint density at radius 1 is 0.741 bits per heavy atom. The van der Waals surface area contributed by atoms with Crippen LogP contribution in [0.1, 0.15) is 92.4 Å². The highest BCUT2D eigenvalue weighted by Gasteiger charge is 2.24. The van der Waals surface area contributed by atoms with E-state index in [1.807, 2.05) is 32.0 Å². The zero-order valence-corrected chi connectivity index (χ0v) is 33.9. The van der Waals surface area contributed by atoms with Crippen molar-refractivity contribution >= 4 is 41.9 Å². The molecule has 0 aliphatic heterocycles. The largest absolute Gasteiger partial charge is 0.496 e. The molecule has 0 radical (unpaired) electrons. The number of halogens is 2. The highest BCUT2D eigenvalue weighted by Crippen LogP contribution is 2.31. The van der Waals surface area contributed by atoms with Gasteiger partial charge < -0.3 is 30.0 Å². The fourth-order valence-electron chi connectivity index (χ4n) is 6.68. The predicted molar refractivity (Wildman–Crippen MR) is 213 cm³/mol. The van der Waals surface area contributed by atoms with Crippen LogP contribution in [0.2, 0.25) is 5.28 Å². The summed E-state index contributed by atoms with van der Waals surface area (Å²) in [5.41, 5.74) is 14.4. The number of rotatable bonds is 8. The van der Waals surface area contributed by atoms with E-state index < -0.39 is 5.97 Å². The lowest BCUT2D eigenvalue weighted by Crippen LogP contribution is -2.29. The maximum absolute atomic E-state index is 12.1. The van der Waals surface area contributed by atoms with Crippen molar-refractivity contribution in [2.75, 3.05) is 32.8 Å². The normalized spacial score (nSPS) is 15.3. The average Bonchev–Trinajstić information content (AvgIpc) is 3.11. The molecule has 0 spiro atoms. The number of methoxy groups -OCH3 is 2. The molecule has 0 fully saturated rings. The van der Waals surface area contributed by atoms with Crippen LogP contribution in [-0.2, 0) is 35.2 Å². The molecule has 2 unspecified atom stereocenters. The molecule has 2 aromatic heterocycles. The first kappa shape index (κ1) is 43.9. The number of benzene rings is 2. The fraction of sp³-hybridized carbons (Fsp3) is 0.450. The zero-order chi connectivity index (χ0) is 38.7. The highest BCUT2D eigenvalue weighted by atomic mass is 35.5. The van der Waals surface area contributed by atoms with Gasteiger partial charge in [0.05, 0.1) is 50.2 Å². The second-order valence-corrected chi connectivity index (χ2v) is 13.2. The summed E-state index contributed by atoms with van der Waals surface area (Å²) in [4.78, 5) is 40.2. The minimum atomic E-state index is -0.404. The van der Waals surface area contributed by atoms with E-state index in [4.69, 9.17) is 36.3 Å². The summed E-state index contributed by atoms with van der Waals surface area (Å²) < 4.78 is 20.8. The molecule has 2 aromatic carbocycles. The van der Waals surface area contributed by atoms with Gasteiger partial charge in [-0.2, -0.15) is 0 Å². The first-order valence-corrected chi connectivity index (χ1v) is 18.3. The number of aromatic nitrogens is 4. The van der Waals surface area contributed by atoms with Crippen molar-refractivity contribution in [1.82, 2.24) is 19.9 Å². The number of esters is 2. The Bertz CT molecular complexity index is 1830. The summed E-state index contributed by atoms with van der Waals surface area (Å²) in [6.45, 7) is 11.2. The number of nitrogens with zero attached hydrogens (tertiary/aromatic N) is 4. The van der Waals surface area contributed by atoms with Gasteiger partial charge >= 0.3 is 11.9 Å². The Morgan fingerprint density at radius 2 is 1.19 bits per heavy atom. The maximum atomic E-state index is 12.1. The second kappa shape index (κ2) is 20.8. The standard InChI is InChI=1S/C20H25N3O3.C11H15NO.C9H11ClN2O2.ClH/c1-5-26-19(24)18-12(2)21-20(22-13(18)3)23-15-10-9-14-7-6-8-17(25-4)16(14)11-15;1-13-11-4-2-3-8-5-6-9(12)7-10(8)11;1-4-14-8(13)7-5(2)11-9(10)12-6(7)3;/h6-8,15H,5,9-11H2,1-4H3,(H,21,22,23);2-4,9H,5-7,12H2,1H3;4H2,1-3H3;1H. The summed E-state index contributed by atoms with van der Waals surface area (Å²) in [6, 6.07) is 13.0. The molecule has 0 bridgehead atoms. The van der Waals surface area contributed by atoms with E-state index in [0.29, 0.717) is 59.1 Å². The third kappa shape index (κ3) is 11.3. The summed E-state index contributed by atoms with van der Waals surface area (Å²) >= 11 is 5.63.